The summed E-state index contributed by atoms with van der Waals surface area (Å²) in [5, 5.41) is 0. The lowest BCUT2D eigenvalue weighted by atomic mass is 10.00. The third kappa shape index (κ3) is 6.85. The number of carbonyl (C=O) groups excluding carboxylic acids is 2. The standard InChI is InChI=1S/C19H28O4/c1-4-7-9-15(6-3)19(21)23-17-12-10-16(11-13-17)18(20)22-14-8-5-2/h10-13,15H,4-9,14H2,1-3H3/t15-/m1/s1. The topological polar surface area (TPSA) is 52.6 Å². The van der Waals surface area contributed by atoms with Gasteiger partial charge in [-0.15, -0.1) is 0 Å². The van der Waals surface area contributed by atoms with Crippen LogP contribution in [-0.2, 0) is 9.53 Å². The minimum absolute atomic E-state index is 0.0614. The summed E-state index contributed by atoms with van der Waals surface area (Å²) >= 11 is 0. The first-order chi connectivity index (χ1) is 11.1. The van der Waals surface area contributed by atoms with Crippen molar-refractivity contribution in [3.05, 3.63) is 29.8 Å². The minimum atomic E-state index is -0.342. The van der Waals surface area contributed by atoms with Gasteiger partial charge in [0, 0.05) is 0 Å². The summed E-state index contributed by atoms with van der Waals surface area (Å²) in [4.78, 5) is 23.9. The Balaban J connectivity index is 2.55. The molecule has 0 spiro atoms. The lowest BCUT2D eigenvalue weighted by Gasteiger charge is -2.13. The van der Waals surface area contributed by atoms with Crippen LogP contribution in [0.25, 0.3) is 0 Å². The highest BCUT2D eigenvalue weighted by molar-refractivity contribution is 5.89. The van der Waals surface area contributed by atoms with Crippen molar-refractivity contribution in [1.29, 1.82) is 0 Å². The molecule has 23 heavy (non-hydrogen) atoms. The highest BCUT2D eigenvalue weighted by Gasteiger charge is 2.18. The van der Waals surface area contributed by atoms with Crippen LogP contribution in [0.5, 0.6) is 5.75 Å². The lowest BCUT2D eigenvalue weighted by Crippen LogP contribution is -2.20. The summed E-state index contributed by atoms with van der Waals surface area (Å²) in [6.45, 7) is 6.58. The Kier molecular flexibility index (Phi) is 9.03. The fraction of sp³-hybridized carbons (Fsp3) is 0.579. The van der Waals surface area contributed by atoms with Crippen LogP contribution in [-0.4, -0.2) is 18.5 Å². The summed E-state index contributed by atoms with van der Waals surface area (Å²) in [5.74, 6) is -0.131. The smallest absolute Gasteiger partial charge is 0.338 e. The third-order valence-electron chi connectivity index (χ3n) is 3.77. The summed E-state index contributed by atoms with van der Waals surface area (Å²) < 4.78 is 10.5. The number of hydrogen-bond acceptors (Lipinski definition) is 4. The monoisotopic (exact) mass is 320 g/mol. The van der Waals surface area contributed by atoms with Gasteiger partial charge in [0.15, 0.2) is 0 Å². The van der Waals surface area contributed by atoms with E-state index in [-0.39, 0.29) is 17.9 Å². The van der Waals surface area contributed by atoms with Crippen LogP contribution in [0.1, 0.15) is 69.7 Å². The predicted molar refractivity (Wildman–Crippen MR) is 90.6 cm³/mol. The van der Waals surface area contributed by atoms with Crippen molar-refractivity contribution in [2.24, 2.45) is 5.92 Å². The Morgan fingerprint density at radius 1 is 1.00 bits per heavy atom. The molecule has 0 heterocycles. The zero-order chi connectivity index (χ0) is 17.1. The van der Waals surface area contributed by atoms with Gasteiger partial charge in [-0.2, -0.15) is 0 Å². The average Bonchev–Trinajstić information content (AvgIpc) is 2.56. The highest BCUT2D eigenvalue weighted by atomic mass is 16.5. The van der Waals surface area contributed by atoms with Crippen molar-refractivity contribution < 1.29 is 19.1 Å². The number of rotatable bonds is 10. The third-order valence-corrected chi connectivity index (χ3v) is 3.77. The number of hydrogen-bond donors (Lipinski definition) is 0. The maximum atomic E-state index is 12.1. The van der Waals surface area contributed by atoms with E-state index in [9.17, 15) is 9.59 Å². The first kappa shape index (κ1) is 19.2. The molecule has 1 aromatic rings. The number of benzene rings is 1. The van der Waals surface area contributed by atoms with Crippen LogP contribution in [0.3, 0.4) is 0 Å². The molecule has 1 aromatic carbocycles. The van der Waals surface area contributed by atoms with Gasteiger partial charge in [0.05, 0.1) is 18.1 Å². The number of esters is 2. The van der Waals surface area contributed by atoms with Crippen LogP contribution in [0, 0.1) is 5.92 Å². The number of ether oxygens (including phenoxy) is 2. The van der Waals surface area contributed by atoms with Crippen molar-refractivity contribution in [2.45, 2.75) is 59.3 Å². The van der Waals surface area contributed by atoms with Gasteiger partial charge in [0.25, 0.3) is 0 Å². The van der Waals surface area contributed by atoms with E-state index in [1.165, 1.54) is 0 Å². The van der Waals surface area contributed by atoms with E-state index in [0.29, 0.717) is 17.9 Å². The molecule has 0 fully saturated rings. The molecular formula is C19H28O4. The summed E-state index contributed by atoms with van der Waals surface area (Å²) in [7, 11) is 0. The summed E-state index contributed by atoms with van der Waals surface area (Å²) in [5.41, 5.74) is 0.471. The SMILES string of the molecule is CCCCOC(=O)c1ccc(OC(=O)[C@H](CC)CCCC)cc1. The van der Waals surface area contributed by atoms with Crippen molar-refractivity contribution in [3.63, 3.8) is 0 Å². The molecule has 0 saturated carbocycles. The largest absolute Gasteiger partial charge is 0.462 e. The van der Waals surface area contributed by atoms with Crippen molar-refractivity contribution in [2.75, 3.05) is 6.61 Å². The van der Waals surface area contributed by atoms with Gasteiger partial charge in [-0.1, -0.05) is 40.0 Å². The van der Waals surface area contributed by atoms with Gasteiger partial charge in [-0.3, -0.25) is 4.79 Å². The van der Waals surface area contributed by atoms with Crippen LogP contribution >= 0.6 is 0 Å². The second kappa shape index (κ2) is 10.8. The molecule has 1 atom stereocenters. The number of carbonyl (C=O) groups is 2. The Hall–Kier alpha value is -1.84. The van der Waals surface area contributed by atoms with E-state index in [2.05, 4.69) is 6.92 Å². The van der Waals surface area contributed by atoms with Gasteiger partial charge in [0.1, 0.15) is 5.75 Å². The molecule has 0 aliphatic rings. The van der Waals surface area contributed by atoms with Crippen LogP contribution in [0.2, 0.25) is 0 Å². The van der Waals surface area contributed by atoms with E-state index in [1.54, 1.807) is 24.3 Å². The quantitative estimate of drug-likeness (QED) is 0.354. The Bertz CT molecular complexity index is 479. The molecule has 4 heteroatoms. The molecule has 1 rings (SSSR count). The van der Waals surface area contributed by atoms with E-state index >= 15 is 0 Å². The second-order valence-electron chi connectivity index (χ2n) is 5.68. The predicted octanol–water partition coefficient (Wildman–Crippen LogP) is 4.77. The normalized spacial score (nSPS) is 11.8. The van der Waals surface area contributed by atoms with E-state index in [4.69, 9.17) is 9.47 Å². The van der Waals surface area contributed by atoms with Gasteiger partial charge in [0.2, 0.25) is 0 Å². The van der Waals surface area contributed by atoms with Gasteiger partial charge < -0.3 is 9.47 Å². The Morgan fingerprint density at radius 3 is 2.22 bits per heavy atom. The second-order valence-corrected chi connectivity index (χ2v) is 5.68. The van der Waals surface area contributed by atoms with Crippen LogP contribution in [0.4, 0.5) is 0 Å². The molecule has 0 aromatic heterocycles. The fourth-order valence-electron chi connectivity index (χ4n) is 2.19. The molecule has 0 amide bonds. The lowest BCUT2D eigenvalue weighted by molar-refractivity contribution is -0.139. The van der Waals surface area contributed by atoms with Gasteiger partial charge >= 0.3 is 11.9 Å². The Morgan fingerprint density at radius 2 is 1.65 bits per heavy atom. The average molecular weight is 320 g/mol. The van der Waals surface area contributed by atoms with E-state index in [1.807, 2.05) is 13.8 Å². The van der Waals surface area contributed by atoms with Crippen molar-refractivity contribution >= 4 is 11.9 Å². The molecule has 128 valence electrons. The van der Waals surface area contributed by atoms with Crippen LogP contribution in [0.15, 0.2) is 24.3 Å². The van der Waals surface area contributed by atoms with E-state index in [0.717, 1.165) is 38.5 Å². The maximum absolute atomic E-state index is 12.1. The Labute approximate surface area is 139 Å². The molecule has 0 saturated heterocycles. The van der Waals surface area contributed by atoms with Gasteiger partial charge in [-0.05, 0) is 43.5 Å². The van der Waals surface area contributed by atoms with E-state index < -0.39 is 0 Å². The molecule has 0 bridgehead atoms. The molecule has 4 nitrogen and oxygen atoms in total. The summed E-state index contributed by atoms with van der Waals surface area (Å²) in [6, 6.07) is 6.54. The van der Waals surface area contributed by atoms with Crippen LogP contribution < -0.4 is 4.74 Å². The zero-order valence-electron chi connectivity index (χ0n) is 14.5. The molecule has 0 N–H and O–H groups in total. The molecular weight excluding hydrogens is 292 g/mol. The maximum Gasteiger partial charge on any atom is 0.338 e. The van der Waals surface area contributed by atoms with Crippen molar-refractivity contribution in [1.82, 2.24) is 0 Å². The molecule has 0 radical (unpaired) electrons. The minimum Gasteiger partial charge on any atom is -0.462 e. The molecule has 0 unspecified atom stereocenters. The molecule has 0 aliphatic carbocycles. The first-order valence-electron chi connectivity index (χ1n) is 8.61. The highest BCUT2D eigenvalue weighted by Crippen LogP contribution is 2.19. The van der Waals surface area contributed by atoms with Gasteiger partial charge in [-0.25, -0.2) is 4.79 Å². The number of unbranched alkanes of at least 4 members (excludes halogenated alkanes) is 2. The fourth-order valence-corrected chi connectivity index (χ4v) is 2.19. The first-order valence-corrected chi connectivity index (χ1v) is 8.61. The zero-order valence-corrected chi connectivity index (χ0v) is 14.5. The summed E-state index contributed by atoms with van der Waals surface area (Å²) in [6.07, 6.45) is 5.57. The van der Waals surface area contributed by atoms with Crippen molar-refractivity contribution in [3.8, 4) is 5.75 Å². The molecule has 0 aliphatic heterocycles.